The van der Waals surface area contributed by atoms with Crippen molar-refractivity contribution in [3.63, 3.8) is 0 Å². The number of nitrogens with zero attached hydrogens (tertiary/aromatic N) is 3. The first-order valence-electron chi connectivity index (χ1n) is 8.06. The molecule has 4 rings (SSSR count). The van der Waals surface area contributed by atoms with E-state index in [4.69, 9.17) is 0 Å². The lowest BCUT2D eigenvalue weighted by Crippen LogP contribution is -2.50. The first kappa shape index (κ1) is 12.6. The maximum atomic E-state index is 4.50. The van der Waals surface area contributed by atoms with Gasteiger partial charge in [-0.1, -0.05) is 0 Å². The van der Waals surface area contributed by atoms with Crippen LogP contribution in [0.5, 0.6) is 0 Å². The third-order valence-corrected chi connectivity index (χ3v) is 4.90. The number of anilines is 1. The Labute approximate surface area is 121 Å². The molecule has 4 nitrogen and oxygen atoms in total. The topological polar surface area (TPSA) is 31.4 Å². The predicted octanol–water partition coefficient (Wildman–Crippen LogP) is 1.62. The van der Waals surface area contributed by atoms with Crippen molar-refractivity contribution in [2.45, 2.75) is 44.3 Å². The smallest absolute Gasteiger partial charge is 0.0562 e. The molecule has 1 aromatic rings. The van der Waals surface area contributed by atoms with E-state index in [0.717, 1.165) is 25.2 Å². The Morgan fingerprint density at radius 1 is 1.20 bits per heavy atom. The Hall–Kier alpha value is -1.13. The summed E-state index contributed by atoms with van der Waals surface area (Å²) in [5.74, 6) is 0. The van der Waals surface area contributed by atoms with Crippen LogP contribution < -0.4 is 10.2 Å². The molecular formula is C16H24N4. The summed E-state index contributed by atoms with van der Waals surface area (Å²) in [6.45, 7) is 5.81. The van der Waals surface area contributed by atoms with Gasteiger partial charge in [0.2, 0.25) is 0 Å². The number of hydrogen-bond donors (Lipinski definition) is 1. The normalized spacial score (nSPS) is 26.8. The van der Waals surface area contributed by atoms with E-state index in [1.807, 2.05) is 6.20 Å². The molecule has 0 bridgehead atoms. The molecule has 0 amide bonds. The quantitative estimate of drug-likeness (QED) is 0.902. The predicted molar refractivity (Wildman–Crippen MR) is 80.9 cm³/mol. The summed E-state index contributed by atoms with van der Waals surface area (Å²) in [7, 11) is 0. The highest BCUT2D eigenvalue weighted by molar-refractivity contribution is 5.47. The van der Waals surface area contributed by atoms with Gasteiger partial charge in [-0.05, 0) is 44.4 Å². The molecule has 1 atom stereocenters. The molecular weight excluding hydrogens is 248 g/mol. The number of fused-ring (bicyclic) bond motifs is 1. The van der Waals surface area contributed by atoms with Crippen LogP contribution in [-0.2, 0) is 6.54 Å². The largest absolute Gasteiger partial charge is 0.369 e. The highest BCUT2D eigenvalue weighted by Crippen LogP contribution is 2.25. The van der Waals surface area contributed by atoms with Crippen molar-refractivity contribution < 1.29 is 0 Å². The Kier molecular flexibility index (Phi) is 3.36. The SMILES string of the molecule is c1cc(N2CCN3CCCC3C2)cc(CNC2CC2)n1. The van der Waals surface area contributed by atoms with Crippen LogP contribution in [-0.4, -0.2) is 48.1 Å². The van der Waals surface area contributed by atoms with Crippen molar-refractivity contribution in [2.75, 3.05) is 31.1 Å². The van der Waals surface area contributed by atoms with Gasteiger partial charge < -0.3 is 10.2 Å². The average Bonchev–Trinajstić information content (AvgIpc) is 3.20. The van der Waals surface area contributed by atoms with E-state index in [9.17, 15) is 0 Å². The Morgan fingerprint density at radius 3 is 3.05 bits per heavy atom. The zero-order valence-electron chi connectivity index (χ0n) is 12.1. The van der Waals surface area contributed by atoms with Gasteiger partial charge in [0.15, 0.2) is 0 Å². The van der Waals surface area contributed by atoms with Crippen molar-refractivity contribution >= 4 is 5.69 Å². The molecule has 0 radical (unpaired) electrons. The third-order valence-electron chi connectivity index (χ3n) is 4.90. The number of nitrogens with one attached hydrogen (secondary N) is 1. The average molecular weight is 272 g/mol. The fourth-order valence-corrected chi connectivity index (χ4v) is 3.52. The second-order valence-electron chi connectivity index (χ2n) is 6.44. The molecule has 1 saturated carbocycles. The molecule has 4 heteroatoms. The molecule has 1 N–H and O–H groups in total. The number of rotatable bonds is 4. The van der Waals surface area contributed by atoms with Crippen LogP contribution in [0.1, 0.15) is 31.4 Å². The highest BCUT2D eigenvalue weighted by atomic mass is 15.3. The van der Waals surface area contributed by atoms with E-state index in [0.29, 0.717) is 0 Å². The maximum absolute atomic E-state index is 4.50. The lowest BCUT2D eigenvalue weighted by atomic mass is 10.1. The van der Waals surface area contributed by atoms with Gasteiger partial charge in [-0.15, -0.1) is 0 Å². The summed E-state index contributed by atoms with van der Waals surface area (Å²) < 4.78 is 0. The summed E-state index contributed by atoms with van der Waals surface area (Å²) in [6, 6.07) is 5.98. The maximum Gasteiger partial charge on any atom is 0.0562 e. The van der Waals surface area contributed by atoms with Crippen molar-refractivity contribution in [1.82, 2.24) is 15.2 Å². The molecule has 1 aliphatic carbocycles. The third kappa shape index (κ3) is 2.67. The Balaban J connectivity index is 1.42. The zero-order valence-corrected chi connectivity index (χ0v) is 12.1. The zero-order chi connectivity index (χ0) is 13.4. The summed E-state index contributed by atoms with van der Waals surface area (Å²) in [6.07, 6.45) is 7.40. The molecule has 2 aliphatic heterocycles. The highest BCUT2D eigenvalue weighted by Gasteiger charge is 2.30. The number of piperazine rings is 1. The molecule has 20 heavy (non-hydrogen) atoms. The van der Waals surface area contributed by atoms with Gasteiger partial charge in [-0.3, -0.25) is 9.88 Å². The van der Waals surface area contributed by atoms with E-state index in [-0.39, 0.29) is 0 Å². The van der Waals surface area contributed by atoms with Gasteiger partial charge in [0.25, 0.3) is 0 Å². The second-order valence-corrected chi connectivity index (χ2v) is 6.44. The van der Waals surface area contributed by atoms with E-state index in [2.05, 4.69) is 32.2 Å². The molecule has 2 saturated heterocycles. The van der Waals surface area contributed by atoms with Gasteiger partial charge in [-0.2, -0.15) is 0 Å². The second kappa shape index (κ2) is 5.34. The Morgan fingerprint density at radius 2 is 2.15 bits per heavy atom. The van der Waals surface area contributed by atoms with E-state index in [1.54, 1.807) is 0 Å². The summed E-state index contributed by atoms with van der Waals surface area (Å²) in [5.41, 5.74) is 2.54. The van der Waals surface area contributed by atoms with Crippen molar-refractivity contribution in [2.24, 2.45) is 0 Å². The minimum Gasteiger partial charge on any atom is -0.369 e. The van der Waals surface area contributed by atoms with Crippen LogP contribution in [0, 0.1) is 0 Å². The number of hydrogen-bond acceptors (Lipinski definition) is 4. The van der Waals surface area contributed by atoms with Crippen LogP contribution in [0.25, 0.3) is 0 Å². The van der Waals surface area contributed by atoms with E-state index >= 15 is 0 Å². The van der Waals surface area contributed by atoms with E-state index < -0.39 is 0 Å². The van der Waals surface area contributed by atoms with Crippen molar-refractivity contribution in [3.05, 3.63) is 24.0 Å². The Bertz CT molecular complexity index is 471. The molecule has 0 aromatic carbocycles. The minimum atomic E-state index is 0.752. The molecule has 1 unspecified atom stereocenters. The molecule has 0 spiro atoms. The lowest BCUT2D eigenvalue weighted by Gasteiger charge is -2.38. The molecule has 108 valence electrons. The van der Waals surface area contributed by atoms with Gasteiger partial charge in [0.05, 0.1) is 5.69 Å². The van der Waals surface area contributed by atoms with Crippen LogP contribution in [0.2, 0.25) is 0 Å². The van der Waals surface area contributed by atoms with Gasteiger partial charge in [-0.25, -0.2) is 0 Å². The van der Waals surface area contributed by atoms with E-state index in [1.165, 1.54) is 56.7 Å². The van der Waals surface area contributed by atoms with Gasteiger partial charge >= 0.3 is 0 Å². The van der Waals surface area contributed by atoms with Crippen molar-refractivity contribution in [1.29, 1.82) is 0 Å². The lowest BCUT2D eigenvalue weighted by molar-refractivity contribution is 0.231. The molecule has 3 heterocycles. The van der Waals surface area contributed by atoms with Gasteiger partial charge in [0, 0.05) is 50.1 Å². The van der Waals surface area contributed by atoms with Crippen LogP contribution >= 0.6 is 0 Å². The monoisotopic (exact) mass is 272 g/mol. The van der Waals surface area contributed by atoms with Crippen LogP contribution in [0.15, 0.2) is 18.3 Å². The molecule has 3 aliphatic rings. The minimum absolute atomic E-state index is 0.752. The summed E-state index contributed by atoms with van der Waals surface area (Å²) in [5, 5.41) is 3.55. The summed E-state index contributed by atoms with van der Waals surface area (Å²) in [4.78, 5) is 9.71. The van der Waals surface area contributed by atoms with Crippen LogP contribution in [0.3, 0.4) is 0 Å². The number of aromatic nitrogens is 1. The fraction of sp³-hybridized carbons (Fsp3) is 0.688. The molecule has 3 fully saturated rings. The molecule has 1 aromatic heterocycles. The van der Waals surface area contributed by atoms with Gasteiger partial charge in [0.1, 0.15) is 0 Å². The summed E-state index contributed by atoms with van der Waals surface area (Å²) >= 11 is 0. The standard InChI is InChI=1S/C16H24N4/c1-2-16-12-20(9-8-19(16)7-1)15-5-6-17-14(10-15)11-18-13-3-4-13/h5-6,10,13,16,18H,1-4,7-9,11-12H2. The first-order chi connectivity index (χ1) is 9.88. The first-order valence-corrected chi connectivity index (χ1v) is 8.06. The van der Waals surface area contributed by atoms with Crippen molar-refractivity contribution in [3.8, 4) is 0 Å². The fourth-order valence-electron chi connectivity index (χ4n) is 3.52. The number of pyridine rings is 1. The van der Waals surface area contributed by atoms with Crippen LogP contribution in [0.4, 0.5) is 5.69 Å².